The van der Waals surface area contributed by atoms with Gasteiger partial charge >= 0.3 is 5.97 Å². The molecule has 4 nitrogen and oxygen atoms in total. The Hall–Kier alpha value is -1.06. The van der Waals surface area contributed by atoms with E-state index in [1.807, 2.05) is 0 Å². The summed E-state index contributed by atoms with van der Waals surface area (Å²) in [6.45, 7) is 7.19. The molecule has 1 N–H and O–H groups in total. The van der Waals surface area contributed by atoms with E-state index in [9.17, 15) is 9.59 Å². The van der Waals surface area contributed by atoms with Crippen LogP contribution in [-0.4, -0.2) is 24.5 Å². The molecule has 0 heterocycles. The molecule has 0 aromatic rings. The predicted molar refractivity (Wildman–Crippen MR) is 53.7 cm³/mol. The van der Waals surface area contributed by atoms with Crippen LogP contribution in [0.3, 0.4) is 0 Å². The highest BCUT2D eigenvalue weighted by Crippen LogP contribution is 2.05. The Kier molecular flexibility index (Phi) is 5.92. The summed E-state index contributed by atoms with van der Waals surface area (Å²) >= 11 is 0. The molecule has 1 atom stereocenters. The van der Waals surface area contributed by atoms with Crippen molar-refractivity contribution in [3.8, 4) is 0 Å². The molecule has 0 bridgehead atoms. The van der Waals surface area contributed by atoms with E-state index in [1.165, 1.54) is 13.8 Å². The maximum absolute atomic E-state index is 10.8. The summed E-state index contributed by atoms with van der Waals surface area (Å²) in [7, 11) is 0. The second-order valence-corrected chi connectivity index (χ2v) is 3.83. The summed E-state index contributed by atoms with van der Waals surface area (Å²) in [6.07, 6.45) is 0.812. The molecule has 0 saturated heterocycles. The number of hydrogen-bond acceptors (Lipinski definition) is 3. The Bertz CT molecular complexity index is 202. The highest BCUT2D eigenvalue weighted by Gasteiger charge is 2.13. The molecule has 14 heavy (non-hydrogen) atoms. The minimum atomic E-state index is -0.316. The molecule has 0 rings (SSSR count). The predicted octanol–water partition coefficient (Wildman–Crippen LogP) is 1.10. The van der Waals surface area contributed by atoms with Crippen molar-refractivity contribution in [2.45, 2.75) is 40.2 Å². The number of hydrogen-bond donors (Lipinski definition) is 1. The first-order valence-corrected chi connectivity index (χ1v) is 4.82. The van der Waals surface area contributed by atoms with Gasteiger partial charge in [-0.25, -0.2) is 0 Å². The van der Waals surface area contributed by atoms with E-state index in [0.717, 1.165) is 6.42 Å². The zero-order valence-electron chi connectivity index (χ0n) is 9.29. The number of ether oxygens (including phenoxy) is 1. The van der Waals surface area contributed by atoms with Crippen LogP contribution < -0.4 is 5.32 Å². The molecule has 0 aliphatic heterocycles. The molecular weight excluding hydrogens is 182 g/mol. The summed E-state index contributed by atoms with van der Waals surface area (Å²) in [4.78, 5) is 21.4. The minimum Gasteiger partial charge on any atom is -0.464 e. The van der Waals surface area contributed by atoms with Gasteiger partial charge in [0, 0.05) is 13.8 Å². The summed E-state index contributed by atoms with van der Waals surface area (Å²) < 4.78 is 4.85. The number of carbonyl (C=O) groups excluding carboxylic acids is 2. The highest BCUT2D eigenvalue weighted by atomic mass is 16.5. The van der Waals surface area contributed by atoms with Crippen LogP contribution in [0, 0.1) is 5.92 Å². The lowest BCUT2D eigenvalue weighted by molar-refractivity contribution is -0.142. The number of rotatable bonds is 5. The Labute approximate surface area is 85.0 Å². The molecule has 0 aromatic carbocycles. The van der Waals surface area contributed by atoms with Crippen LogP contribution in [-0.2, 0) is 14.3 Å². The van der Waals surface area contributed by atoms with Crippen molar-refractivity contribution in [2.75, 3.05) is 6.61 Å². The second-order valence-electron chi connectivity index (χ2n) is 3.83. The van der Waals surface area contributed by atoms with Crippen LogP contribution in [0.2, 0.25) is 0 Å². The van der Waals surface area contributed by atoms with Gasteiger partial charge in [0.1, 0.15) is 6.61 Å². The van der Waals surface area contributed by atoms with E-state index in [4.69, 9.17) is 4.74 Å². The summed E-state index contributed by atoms with van der Waals surface area (Å²) in [6, 6.07) is -0.0728. The lowest BCUT2D eigenvalue weighted by Crippen LogP contribution is -2.38. The Morgan fingerprint density at radius 2 is 1.86 bits per heavy atom. The topological polar surface area (TPSA) is 55.4 Å². The van der Waals surface area contributed by atoms with Gasteiger partial charge in [-0.15, -0.1) is 0 Å². The van der Waals surface area contributed by atoms with Crippen molar-refractivity contribution in [1.82, 2.24) is 5.32 Å². The first-order valence-electron chi connectivity index (χ1n) is 4.82. The highest BCUT2D eigenvalue weighted by molar-refractivity contribution is 5.73. The smallest absolute Gasteiger partial charge is 0.302 e. The first kappa shape index (κ1) is 12.9. The SMILES string of the molecule is CC(=O)N[C@H](COC(C)=O)CC(C)C. The van der Waals surface area contributed by atoms with Crippen LogP contribution in [0.1, 0.15) is 34.1 Å². The van der Waals surface area contributed by atoms with E-state index < -0.39 is 0 Å². The fourth-order valence-corrected chi connectivity index (χ4v) is 1.24. The number of esters is 1. The van der Waals surface area contributed by atoms with Crippen LogP contribution in [0.4, 0.5) is 0 Å². The molecule has 0 spiro atoms. The molecule has 0 fully saturated rings. The second kappa shape index (κ2) is 6.40. The van der Waals surface area contributed by atoms with Crippen molar-refractivity contribution >= 4 is 11.9 Å². The average molecular weight is 201 g/mol. The molecule has 0 aromatic heterocycles. The lowest BCUT2D eigenvalue weighted by Gasteiger charge is -2.19. The third-order valence-electron chi connectivity index (χ3n) is 1.65. The zero-order chi connectivity index (χ0) is 11.1. The Morgan fingerprint density at radius 3 is 2.21 bits per heavy atom. The van der Waals surface area contributed by atoms with E-state index in [0.29, 0.717) is 5.92 Å². The quantitative estimate of drug-likeness (QED) is 0.678. The standard InChI is InChI=1S/C10H19NO3/c1-7(2)5-10(11-8(3)12)6-14-9(4)13/h7,10H,5-6H2,1-4H3,(H,11,12)/t10-/m0/s1. The molecule has 82 valence electrons. The van der Waals surface area contributed by atoms with Crippen molar-refractivity contribution in [3.05, 3.63) is 0 Å². The third-order valence-corrected chi connectivity index (χ3v) is 1.65. The van der Waals surface area contributed by atoms with Gasteiger partial charge in [0.25, 0.3) is 0 Å². The van der Waals surface area contributed by atoms with Gasteiger partial charge < -0.3 is 10.1 Å². The van der Waals surface area contributed by atoms with E-state index >= 15 is 0 Å². The zero-order valence-corrected chi connectivity index (χ0v) is 9.29. The van der Waals surface area contributed by atoms with Crippen molar-refractivity contribution in [3.63, 3.8) is 0 Å². The largest absolute Gasteiger partial charge is 0.464 e. The van der Waals surface area contributed by atoms with E-state index in [1.54, 1.807) is 0 Å². The lowest BCUT2D eigenvalue weighted by atomic mass is 10.0. The summed E-state index contributed by atoms with van der Waals surface area (Å²) in [5.74, 6) is 0.0503. The number of nitrogens with one attached hydrogen (secondary N) is 1. The summed E-state index contributed by atoms with van der Waals surface area (Å²) in [5, 5.41) is 2.75. The van der Waals surface area contributed by atoms with Gasteiger partial charge in [-0.1, -0.05) is 13.8 Å². The third kappa shape index (κ3) is 7.58. The van der Waals surface area contributed by atoms with E-state index in [2.05, 4.69) is 19.2 Å². The molecule has 4 heteroatoms. The van der Waals surface area contributed by atoms with Gasteiger partial charge in [-0.2, -0.15) is 0 Å². The maximum Gasteiger partial charge on any atom is 0.302 e. The van der Waals surface area contributed by atoms with Crippen LogP contribution in [0.5, 0.6) is 0 Å². The van der Waals surface area contributed by atoms with Crippen LogP contribution >= 0.6 is 0 Å². The average Bonchev–Trinajstić information content (AvgIpc) is 1.97. The molecule has 1 amide bonds. The minimum absolute atomic E-state index is 0.0728. The number of carbonyl (C=O) groups is 2. The van der Waals surface area contributed by atoms with Gasteiger partial charge in [0.05, 0.1) is 6.04 Å². The van der Waals surface area contributed by atoms with E-state index in [-0.39, 0.29) is 24.5 Å². The van der Waals surface area contributed by atoms with Crippen molar-refractivity contribution < 1.29 is 14.3 Å². The van der Waals surface area contributed by atoms with Gasteiger partial charge in [-0.3, -0.25) is 9.59 Å². The van der Waals surface area contributed by atoms with Crippen LogP contribution in [0.15, 0.2) is 0 Å². The molecule has 0 aliphatic rings. The van der Waals surface area contributed by atoms with Gasteiger partial charge in [0.15, 0.2) is 0 Å². The normalized spacial score (nSPS) is 12.4. The Morgan fingerprint density at radius 1 is 1.29 bits per heavy atom. The molecular formula is C10H19NO3. The van der Waals surface area contributed by atoms with Crippen LogP contribution in [0.25, 0.3) is 0 Å². The number of amides is 1. The molecule has 0 radical (unpaired) electrons. The fraction of sp³-hybridized carbons (Fsp3) is 0.800. The monoisotopic (exact) mass is 201 g/mol. The maximum atomic E-state index is 10.8. The Balaban J connectivity index is 3.96. The first-order chi connectivity index (χ1) is 6.41. The summed E-state index contributed by atoms with van der Waals surface area (Å²) in [5.41, 5.74) is 0. The van der Waals surface area contributed by atoms with Crippen molar-refractivity contribution in [2.24, 2.45) is 5.92 Å². The van der Waals surface area contributed by atoms with Gasteiger partial charge in [-0.05, 0) is 12.3 Å². The van der Waals surface area contributed by atoms with Gasteiger partial charge in [0.2, 0.25) is 5.91 Å². The fourth-order valence-electron chi connectivity index (χ4n) is 1.24. The molecule has 0 aliphatic carbocycles. The van der Waals surface area contributed by atoms with Crippen molar-refractivity contribution in [1.29, 1.82) is 0 Å². The molecule has 0 unspecified atom stereocenters. The molecule has 0 saturated carbocycles.